The zero-order valence-corrected chi connectivity index (χ0v) is 15.9. The molecule has 0 spiro atoms. The van der Waals surface area contributed by atoms with Gasteiger partial charge in [-0.15, -0.1) is 0 Å². The van der Waals surface area contributed by atoms with Crippen LogP contribution in [0.4, 0.5) is 5.82 Å². The zero-order valence-electron chi connectivity index (χ0n) is 15.9. The van der Waals surface area contributed by atoms with E-state index < -0.39 is 0 Å². The molecule has 0 aliphatic carbocycles. The lowest BCUT2D eigenvalue weighted by molar-refractivity contribution is 0.00578. The number of aliphatic hydroxyl groups excluding tert-OH is 1. The molecule has 1 N–H and O–H groups in total. The maximum atomic E-state index is 9.14. The minimum absolute atomic E-state index is 0.218. The van der Waals surface area contributed by atoms with E-state index in [0.717, 1.165) is 50.4 Å². The highest BCUT2D eigenvalue weighted by Crippen LogP contribution is 2.36. The van der Waals surface area contributed by atoms with Crippen LogP contribution in [0.2, 0.25) is 0 Å². The fourth-order valence-electron chi connectivity index (χ4n) is 3.30. The fraction of sp³-hybridized carbons (Fsp3) is 0.722. The molecule has 1 aromatic rings. The Labute approximate surface area is 151 Å². The summed E-state index contributed by atoms with van der Waals surface area (Å²) in [5.74, 6) is 0.970. The summed E-state index contributed by atoms with van der Waals surface area (Å²) in [6.45, 7) is 13.1. The van der Waals surface area contributed by atoms with Gasteiger partial charge in [0.25, 0.3) is 0 Å². The normalized spacial score (nSPS) is 23.7. The van der Waals surface area contributed by atoms with Crippen LogP contribution in [0.25, 0.3) is 0 Å². The number of hydrogen-bond acceptors (Lipinski definition) is 6. The molecule has 0 aromatic carbocycles. The van der Waals surface area contributed by atoms with E-state index in [4.69, 9.17) is 14.4 Å². The van der Waals surface area contributed by atoms with Gasteiger partial charge in [0.1, 0.15) is 5.82 Å². The van der Waals surface area contributed by atoms with Crippen molar-refractivity contribution in [2.45, 2.75) is 45.3 Å². The van der Waals surface area contributed by atoms with Crippen LogP contribution in [0, 0.1) is 0 Å². The first-order valence-electron chi connectivity index (χ1n) is 9.22. The average Bonchev–Trinajstić information content (AvgIpc) is 2.72. The Balaban J connectivity index is 1.72. The monoisotopic (exact) mass is 347 g/mol. The molecule has 7 heteroatoms. The number of nitrogens with zero attached hydrogens (tertiary/aromatic N) is 3. The highest BCUT2D eigenvalue weighted by atomic mass is 16.7. The van der Waals surface area contributed by atoms with Crippen LogP contribution in [0.3, 0.4) is 0 Å². The van der Waals surface area contributed by atoms with E-state index in [1.54, 1.807) is 0 Å². The maximum Gasteiger partial charge on any atom is 0.495 e. The van der Waals surface area contributed by atoms with E-state index in [9.17, 15) is 0 Å². The Morgan fingerprint density at radius 3 is 2.52 bits per heavy atom. The van der Waals surface area contributed by atoms with E-state index in [1.807, 2.05) is 12.3 Å². The van der Waals surface area contributed by atoms with Crippen LogP contribution in [-0.2, 0) is 9.31 Å². The van der Waals surface area contributed by atoms with Gasteiger partial charge in [-0.1, -0.05) is 0 Å². The van der Waals surface area contributed by atoms with Gasteiger partial charge in [-0.2, -0.15) is 0 Å². The second kappa shape index (κ2) is 7.23. The first-order chi connectivity index (χ1) is 11.8. The highest BCUT2D eigenvalue weighted by molar-refractivity contribution is 6.62. The van der Waals surface area contributed by atoms with Crippen molar-refractivity contribution in [3.05, 3.63) is 18.3 Å². The molecule has 2 aliphatic heterocycles. The number of aromatic nitrogens is 1. The minimum Gasteiger partial charge on any atom is -0.399 e. The summed E-state index contributed by atoms with van der Waals surface area (Å²) in [6, 6.07) is 4.06. The van der Waals surface area contributed by atoms with Crippen LogP contribution in [0.15, 0.2) is 18.3 Å². The van der Waals surface area contributed by atoms with Gasteiger partial charge < -0.3 is 19.3 Å². The van der Waals surface area contributed by atoms with Crippen LogP contribution < -0.4 is 10.4 Å². The van der Waals surface area contributed by atoms with Crippen molar-refractivity contribution < 1.29 is 14.4 Å². The van der Waals surface area contributed by atoms with E-state index >= 15 is 0 Å². The maximum absolute atomic E-state index is 9.14. The zero-order chi connectivity index (χ0) is 18.1. The summed E-state index contributed by atoms with van der Waals surface area (Å²) in [4.78, 5) is 9.18. The molecule has 0 atom stereocenters. The molecule has 2 saturated heterocycles. The Hall–Kier alpha value is -1.15. The fourth-order valence-corrected chi connectivity index (χ4v) is 3.30. The number of aliphatic hydroxyl groups is 1. The number of hydrogen-bond donors (Lipinski definition) is 1. The lowest BCUT2D eigenvalue weighted by atomic mass is 9.79. The smallest absolute Gasteiger partial charge is 0.399 e. The van der Waals surface area contributed by atoms with Crippen molar-refractivity contribution in [1.29, 1.82) is 0 Å². The quantitative estimate of drug-likeness (QED) is 0.817. The summed E-state index contributed by atoms with van der Waals surface area (Å²) in [6.07, 6.45) is 2.91. The van der Waals surface area contributed by atoms with Crippen LogP contribution in [-0.4, -0.2) is 72.6 Å². The molecule has 0 unspecified atom stereocenters. The lowest BCUT2D eigenvalue weighted by Crippen LogP contribution is -2.41. The highest BCUT2D eigenvalue weighted by Gasteiger charge is 2.51. The molecule has 3 heterocycles. The van der Waals surface area contributed by atoms with Crippen molar-refractivity contribution in [1.82, 2.24) is 9.88 Å². The van der Waals surface area contributed by atoms with Gasteiger partial charge in [0.05, 0.1) is 17.8 Å². The molecule has 2 fully saturated rings. The number of rotatable bonds is 4. The Kier molecular flexibility index (Phi) is 5.39. The van der Waals surface area contributed by atoms with Crippen molar-refractivity contribution in [2.24, 2.45) is 0 Å². The Bertz CT molecular complexity index is 581. The summed E-state index contributed by atoms with van der Waals surface area (Å²) in [5, 5.41) is 9.14. The molecule has 138 valence electrons. The van der Waals surface area contributed by atoms with E-state index in [0.29, 0.717) is 0 Å². The third kappa shape index (κ3) is 4.00. The standard InChI is InChI=1S/C18H30BN3O3/c1-17(2)18(3,4)25-19(24-17)15-6-7-20-16(14-15)22-9-5-8-21(10-11-22)12-13-23/h6-7,14,23H,5,8-13H2,1-4H3. The SMILES string of the molecule is CC1(C)OB(c2ccnc(N3CCCN(CCO)CC3)c2)OC1(C)C. The van der Waals surface area contributed by atoms with Gasteiger partial charge in [0.15, 0.2) is 0 Å². The molecular formula is C18H30BN3O3. The summed E-state index contributed by atoms with van der Waals surface area (Å²) in [5.41, 5.74) is 0.336. The van der Waals surface area contributed by atoms with Crippen molar-refractivity contribution in [3.8, 4) is 0 Å². The van der Waals surface area contributed by atoms with Gasteiger partial charge in [0.2, 0.25) is 0 Å². The Morgan fingerprint density at radius 2 is 1.84 bits per heavy atom. The molecule has 6 nitrogen and oxygen atoms in total. The largest absolute Gasteiger partial charge is 0.495 e. The average molecular weight is 347 g/mol. The van der Waals surface area contributed by atoms with Crippen molar-refractivity contribution in [2.75, 3.05) is 44.2 Å². The van der Waals surface area contributed by atoms with Crippen LogP contribution in [0.1, 0.15) is 34.1 Å². The lowest BCUT2D eigenvalue weighted by Gasteiger charge is -2.32. The second-order valence-corrected chi connectivity index (χ2v) is 7.94. The molecular weight excluding hydrogens is 317 g/mol. The summed E-state index contributed by atoms with van der Waals surface area (Å²) >= 11 is 0. The van der Waals surface area contributed by atoms with Crippen molar-refractivity contribution in [3.63, 3.8) is 0 Å². The number of anilines is 1. The number of β-amino-alcohol motifs (C(OH)–C–C–N with tert-alkyl or cyclic N) is 1. The van der Waals surface area contributed by atoms with Crippen molar-refractivity contribution >= 4 is 18.4 Å². The third-order valence-corrected chi connectivity index (χ3v) is 5.62. The van der Waals surface area contributed by atoms with Gasteiger partial charge in [-0.25, -0.2) is 4.98 Å². The predicted octanol–water partition coefficient (Wildman–Crippen LogP) is 0.885. The minimum atomic E-state index is -0.357. The number of pyridine rings is 1. The van der Waals surface area contributed by atoms with E-state index in [-0.39, 0.29) is 24.9 Å². The molecule has 0 amide bonds. The Morgan fingerprint density at radius 1 is 1.12 bits per heavy atom. The van der Waals surface area contributed by atoms with E-state index in [1.165, 1.54) is 0 Å². The first kappa shape index (κ1) is 18.6. The van der Waals surface area contributed by atoms with E-state index in [2.05, 4.69) is 48.5 Å². The summed E-state index contributed by atoms with van der Waals surface area (Å²) < 4.78 is 12.3. The van der Waals surface area contributed by atoms with Crippen LogP contribution >= 0.6 is 0 Å². The first-order valence-corrected chi connectivity index (χ1v) is 9.22. The second-order valence-electron chi connectivity index (χ2n) is 7.94. The molecule has 25 heavy (non-hydrogen) atoms. The molecule has 0 saturated carbocycles. The van der Waals surface area contributed by atoms with Gasteiger partial charge in [0, 0.05) is 32.4 Å². The van der Waals surface area contributed by atoms with Gasteiger partial charge in [-0.05, 0) is 58.3 Å². The summed E-state index contributed by atoms with van der Waals surface area (Å²) in [7, 11) is -0.357. The topological polar surface area (TPSA) is 58.1 Å². The molecule has 3 rings (SSSR count). The van der Waals surface area contributed by atoms with Gasteiger partial charge in [-0.3, -0.25) is 4.90 Å². The predicted molar refractivity (Wildman–Crippen MR) is 100 cm³/mol. The third-order valence-electron chi connectivity index (χ3n) is 5.62. The van der Waals surface area contributed by atoms with Gasteiger partial charge >= 0.3 is 7.12 Å². The molecule has 0 bridgehead atoms. The molecule has 0 radical (unpaired) electrons. The molecule has 1 aromatic heterocycles. The molecule has 2 aliphatic rings. The van der Waals surface area contributed by atoms with Crippen LogP contribution in [0.5, 0.6) is 0 Å².